The molecule has 0 aromatic heterocycles. The fraction of sp³-hybridized carbons (Fsp3) is 0.538. The van der Waals surface area contributed by atoms with Crippen LogP contribution in [-0.2, 0) is 10.0 Å². The summed E-state index contributed by atoms with van der Waals surface area (Å²) in [5.74, 6) is 0.469. The summed E-state index contributed by atoms with van der Waals surface area (Å²) in [6, 6.07) is 4.28. The molecule has 7 heteroatoms. The van der Waals surface area contributed by atoms with Crippen molar-refractivity contribution >= 4 is 44.8 Å². The Labute approximate surface area is 134 Å². The lowest BCUT2D eigenvalue weighted by molar-refractivity contribution is 0.342. The van der Waals surface area contributed by atoms with Crippen LogP contribution >= 0.6 is 34.8 Å². The van der Waals surface area contributed by atoms with Crippen molar-refractivity contribution in [3.8, 4) is 0 Å². The molecule has 0 saturated heterocycles. The molecule has 1 saturated carbocycles. The molecule has 0 heterocycles. The largest absolute Gasteiger partial charge is 0.240 e. The van der Waals surface area contributed by atoms with Crippen LogP contribution in [0.2, 0.25) is 10.0 Å². The third-order valence-electron chi connectivity index (χ3n) is 3.79. The molecular weight excluding hydrogens is 341 g/mol. The number of hydrogen-bond donors (Lipinski definition) is 1. The molecule has 0 unspecified atom stereocenters. The summed E-state index contributed by atoms with van der Waals surface area (Å²) >= 11 is 17.7. The second-order valence-corrected chi connectivity index (χ2v) is 8.09. The number of rotatable bonds is 5. The van der Waals surface area contributed by atoms with E-state index in [1.54, 1.807) is 0 Å². The number of benzene rings is 1. The van der Waals surface area contributed by atoms with Crippen molar-refractivity contribution in [2.45, 2.75) is 30.6 Å². The van der Waals surface area contributed by atoms with Crippen LogP contribution in [0.15, 0.2) is 23.1 Å². The van der Waals surface area contributed by atoms with Gasteiger partial charge in [-0.15, -0.1) is 11.6 Å². The van der Waals surface area contributed by atoms with Crippen LogP contribution in [0.25, 0.3) is 0 Å². The Morgan fingerprint density at radius 1 is 1.15 bits per heavy atom. The Morgan fingerprint density at radius 3 is 2.35 bits per heavy atom. The summed E-state index contributed by atoms with van der Waals surface area (Å²) in [5.41, 5.74) is -0.120. The Morgan fingerprint density at radius 2 is 1.80 bits per heavy atom. The molecule has 1 aromatic carbocycles. The van der Waals surface area contributed by atoms with Crippen molar-refractivity contribution < 1.29 is 8.42 Å². The Balaban J connectivity index is 2.13. The molecule has 1 N–H and O–H groups in total. The molecule has 3 nitrogen and oxygen atoms in total. The maximum absolute atomic E-state index is 12.3. The first kappa shape index (κ1) is 16.4. The monoisotopic (exact) mass is 355 g/mol. The smallest absolute Gasteiger partial charge is 0.211 e. The van der Waals surface area contributed by atoms with Crippen LogP contribution in [0.4, 0.5) is 0 Å². The summed E-state index contributed by atoms with van der Waals surface area (Å²) < 4.78 is 27.2. The van der Waals surface area contributed by atoms with Gasteiger partial charge in [0.1, 0.15) is 0 Å². The lowest BCUT2D eigenvalue weighted by Gasteiger charge is -2.26. The van der Waals surface area contributed by atoms with E-state index in [1.807, 2.05) is 0 Å². The van der Waals surface area contributed by atoms with Crippen LogP contribution in [0.5, 0.6) is 0 Å². The van der Waals surface area contributed by atoms with E-state index in [1.165, 1.54) is 18.2 Å². The first-order valence-corrected chi connectivity index (χ1v) is 9.17. The van der Waals surface area contributed by atoms with Crippen LogP contribution < -0.4 is 4.72 Å². The predicted molar refractivity (Wildman–Crippen MR) is 83.3 cm³/mol. The lowest BCUT2D eigenvalue weighted by atomic mass is 9.89. The number of nitrogens with one attached hydrogen (secondary N) is 1. The van der Waals surface area contributed by atoms with Crippen molar-refractivity contribution in [2.24, 2.45) is 5.41 Å². The molecule has 1 aliphatic carbocycles. The minimum absolute atomic E-state index is 0.120. The maximum atomic E-state index is 12.3. The molecule has 0 atom stereocenters. The molecule has 0 spiro atoms. The van der Waals surface area contributed by atoms with Crippen molar-refractivity contribution in [3.63, 3.8) is 0 Å². The third kappa shape index (κ3) is 3.60. The minimum atomic E-state index is -3.59. The van der Waals surface area contributed by atoms with Gasteiger partial charge in [-0.3, -0.25) is 0 Å². The highest BCUT2D eigenvalue weighted by Gasteiger charge is 2.34. The van der Waals surface area contributed by atoms with Gasteiger partial charge in [-0.2, -0.15) is 0 Å². The molecule has 1 aliphatic rings. The first-order valence-electron chi connectivity index (χ1n) is 6.39. The topological polar surface area (TPSA) is 46.2 Å². The van der Waals surface area contributed by atoms with E-state index in [4.69, 9.17) is 34.8 Å². The zero-order chi connectivity index (χ0) is 14.8. The summed E-state index contributed by atoms with van der Waals surface area (Å²) in [6.45, 7) is 0.360. The van der Waals surface area contributed by atoms with E-state index in [0.29, 0.717) is 17.4 Å². The highest BCUT2D eigenvalue weighted by atomic mass is 35.5. The Bertz CT molecular complexity index is 583. The van der Waals surface area contributed by atoms with E-state index in [-0.39, 0.29) is 15.3 Å². The number of halogens is 3. The number of sulfonamides is 1. The molecule has 1 aromatic rings. The van der Waals surface area contributed by atoms with Gasteiger partial charge in [0.25, 0.3) is 0 Å². The van der Waals surface area contributed by atoms with E-state index >= 15 is 0 Å². The van der Waals surface area contributed by atoms with Crippen molar-refractivity contribution in [1.29, 1.82) is 0 Å². The third-order valence-corrected chi connectivity index (χ3v) is 6.49. The van der Waals surface area contributed by atoms with E-state index in [9.17, 15) is 8.42 Å². The van der Waals surface area contributed by atoms with Gasteiger partial charge >= 0.3 is 0 Å². The normalized spacial score (nSPS) is 18.4. The van der Waals surface area contributed by atoms with Gasteiger partial charge < -0.3 is 0 Å². The minimum Gasteiger partial charge on any atom is -0.211 e. The molecule has 112 valence electrons. The average Bonchev–Trinajstić information content (AvgIpc) is 2.89. The average molecular weight is 357 g/mol. The van der Waals surface area contributed by atoms with Crippen molar-refractivity contribution in [3.05, 3.63) is 28.2 Å². The standard InChI is InChI=1S/C13H16Cl3NO2S/c14-8-13(5-1-2-6-13)9-17-20(18,19)10-3-4-11(15)12(16)7-10/h3-4,7,17H,1-2,5-6,8-9H2. The molecule has 0 radical (unpaired) electrons. The summed E-state index contributed by atoms with van der Waals surface area (Å²) in [5, 5.41) is 0.557. The van der Waals surface area contributed by atoms with Gasteiger partial charge in [-0.05, 0) is 36.5 Å². The fourth-order valence-corrected chi connectivity index (χ4v) is 4.37. The van der Waals surface area contributed by atoms with Crippen LogP contribution in [0, 0.1) is 5.41 Å². The first-order chi connectivity index (χ1) is 9.38. The predicted octanol–water partition coefficient (Wildman–Crippen LogP) is 4.07. The highest BCUT2D eigenvalue weighted by molar-refractivity contribution is 7.89. The highest BCUT2D eigenvalue weighted by Crippen LogP contribution is 2.38. The Kier molecular flexibility index (Phi) is 5.24. The molecule has 0 amide bonds. The zero-order valence-corrected chi connectivity index (χ0v) is 13.9. The van der Waals surface area contributed by atoms with Crippen LogP contribution in [-0.4, -0.2) is 20.8 Å². The van der Waals surface area contributed by atoms with Gasteiger partial charge in [0.05, 0.1) is 14.9 Å². The summed E-state index contributed by atoms with van der Waals surface area (Å²) in [4.78, 5) is 0.120. The van der Waals surface area contributed by atoms with Gasteiger partial charge in [0, 0.05) is 12.4 Å². The SMILES string of the molecule is O=S(=O)(NCC1(CCl)CCCC1)c1ccc(Cl)c(Cl)c1. The second-order valence-electron chi connectivity index (χ2n) is 5.24. The van der Waals surface area contributed by atoms with Gasteiger partial charge in [-0.25, -0.2) is 13.1 Å². The van der Waals surface area contributed by atoms with Crippen LogP contribution in [0.1, 0.15) is 25.7 Å². The number of alkyl halides is 1. The maximum Gasteiger partial charge on any atom is 0.240 e. The molecule has 1 fully saturated rings. The molecule has 20 heavy (non-hydrogen) atoms. The summed E-state index contributed by atoms with van der Waals surface area (Å²) in [6.07, 6.45) is 4.11. The quantitative estimate of drug-likeness (QED) is 0.808. The zero-order valence-electron chi connectivity index (χ0n) is 10.8. The van der Waals surface area contributed by atoms with Gasteiger partial charge in [-0.1, -0.05) is 36.0 Å². The van der Waals surface area contributed by atoms with E-state index in [0.717, 1.165) is 25.7 Å². The molecular formula is C13H16Cl3NO2S. The van der Waals surface area contributed by atoms with Gasteiger partial charge in [0.15, 0.2) is 0 Å². The molecule has 0 bridgehead atoms. The molecule has 2 rings (SSSR count). The van der Waals surface area contributed by atoms with Crippen LogP contribution in [0.3, 0.4) is 0 Å². The lowest BCUT2D eigenvalue weighted by Crippen LogP contribution is -2.37. The number of hydrogen-bond acceptors (Lipinski definition) is 2. The van der Waals surface area contributed by atoms with E-state index < -0.39 is 10.0 Å². The molecule has 0 aliphatic heterocycles. The fourth-order valence-electron chi connectivity index (χ4n) is 2.46. The second kappa shape index (κ2) is 6.41. The van der Waals surface area contributed by atoms with Gasteiger partial charge in [0.2, 0.25) is 10.0 Å². The van der Waals surface area contributed by atoms with Crippen molar-refractivity contribution in [2.75, 3.05) is 12.4 Å². The van der Waals surface area contributed by atoms with Crippen molar-refractivity contribution in [1.82, 2.24) is 4.72 Å². The summed E-state index contributed by atoms with van der Waals surface area (Å²) in [7, 11) is -3.59. The van der Waals surface area contributed by atoms with E-state index in [2.05, 4.69) is 4.72 Å². The Hall–Kier alpha value is -0.000000000000000111.